The first kappa shape index (κ1) is 26.5. The Morgan fingerprint density at radius 2 is 1.75 bits per heavy atom. The van der Waals surface area contributed by atoms with Crippen molar-refractivity contribution in [2.24, 2.45) is 22.2 Å². The van der Waals surface area contributed by atoms with Crippen molar-refractivity contribution in [2.75, 3.05) is 61.8 Å². The topological polar surface area (TPSA) is 102 Å². The summed E-state index contributed by atoms with van der Waals surface area (Å²) in [7, 11) is 2.19. The molecule has 6 fully saturated rings. The predicted molar refractivity (Wildman–Crippen MR) is 158 cm³/mol. The van der Waals surface area contributed by atoms with Crippen molar-refractivity contribution in [3.8, 4) is 0 Å². The van der Waals surface area contributed by atoms with E-state index in [4.69, 9.17) is 0 Å². The van der Waals surface area contributed by atoms with E-state index in [0.717, 1.165) is 62.6 Å². The number of rotatable bonds is 7. The van der Waals surface area contributed by atoms with Gasteiger partial charge in [-0.05, 0) is 86.3 Å². The molecule has 4 heterocycles. The molecule has 4 aliphatic carbocycles. The fraction of sp³-hybridized carbons (Fsp3) is 0.759. The molecule has 2 unspecified atom stereocenters. The predicted octanol–water partition coefficient (Wildman–Crippen LogP) is 3.57. The van der Waals surface area contributed by atoms with Gasteiger partial charge < -0.3 is 15.1 Å². The van der Waals surface area contributed by atoms with E-state index in [2.05, 4.69) is 66.6 Å². The standard InChI is InChI=1S/C29H43N9OS/c1-27-13-20-14-28(2,17-27)19-29(15-20,18-27)23(37-11-9-36(3)10-12-37)24(39)32-26-35-34-25(40-26)31-21-6-8-38(16-21)22-5-4-7-30-33-22/h4-5,7,20-21,23H,6,8-19H2,1-3H3,(H,31,34)(H,32,35,39)/t20?,21-,23+,27?,28?,29?/m1/s1. The summed E-state index contributed by atoms with van der Waals surface area (Å²) in [4.78, 5) is 21.4. The lowest BCUT2D eigenvalue weighted by molar-refractivity contribution is -0.178. The minimum absolute atomic E-state index is 0.0440. The lowest BCUT2D eigenvalue weighted by Crippen LogP contribution is -2.66. The minimum atomic E-state index is -0.112. The van der Waals surface area contributed by atoms with Gasteiger partial charge in [-0.1, -0.05) is 25.2 Å². The summed E-state index contributed by atoms with van der Waals surface area (Å²) in [6.07, 6.45) is 10.2. The van der Waals surface area contributed by atoms with Crippen molar-refractivity contribution in [3.63, 3.8) is 0 Å². The first-order valence-electron chi connectivity index (χ1n) is 15.1. The van der Waals surface area contributed by atoms with Crippen LogP contribution in [-0.4, -0.2) is 94.5 Å². The first-order chi connectivity index (χ1) is 19.2. The molecule has 2 aliphatic heterocycles. The van der Waals surface area contributed by atoms with Gasteiger partial charge in [0.15, 0.2) is 5.82 Å². The highest BCUT2D eigenvalue weighted by Crippen LogP contribution is 2.70. The second-order valence-electron chi connectivity index (χ2n) is 14.3. The molecule has 10 nitrogen and oxygen atoms in total. The molecule has 216 valence electrons. The van der Waals surface area contributed by atoms with E-state index in [-0.39, 0.29) is 23.4 Å². The summed E-state index contributed by atoms with van der Waals surface area (Å²) < 4.78 is 0. The van der Waals surface area contributed by atoms with Crippen LogP contribution in [0.4, 0.5) is 16.1 Å². The molecule has 0 spiro atoms. The fourth-order valence-electron chi connectivity index (χ4n) is 9.98. The Bertz CT molecular complexity index is 1210. The molecular weight excluding hydrogens is 522 g/mol. The molecule has 4 atom stereocenters. The number of likely N-dealkylation sites (N-methyl/N-ethyl adjacent to an activating group) is 1. The van der Waals surface area contributed by atoms with Crippen LogP contribution in [0, 0.1) is 22.2 Å². The number of carbonyl (C=O) groups is 1. The maximum Gasteiger partial charge on any atom is 0.244 e. The molecule has 0 radical (unpaired) electrons. The number of anilines is 3. The molecule has 8 rings (SSSR count). The molecule has 2 saturated heterocycles. The fourth-order valence-corrected chi connectivity index (χ4v) is 10.7. The monoisotopic (exact) mass is 565 g/mol. The van der Waals surface area contributed by atoms with Gasteiger partial charge in [0, 0.05) is 51.5 Å². The Morgan fingerprint density at radius 1 is 1.00 bits per heavy atom. The van der Waals surface area contributed by atoms with E-state index in [1.165, 1.54) is 49.9 Å². The molecule has 2 aromatic heterocycles. The molecule has 2 N–H and O–H groups in total. The lowest BCUT2D eigenvalue weighted by Gasteiger charge is -2.67. The van der Waals surface area contributed by atoms with Crippen molar-refractivity contribution in [1.82, 2.24) is 30.2 Å². The van der Waals surface area contributed by atoms with Crippen molar-refractivity contribution in [1.29, 1.82) is 0 Å². The number of hydrogen-bond acceptors (Lipinski definition) is 10. The molecule has 40 heavy (non-hydrogen) atoms. The van der Waals surface area contributed by atoms with Crippen LogP contribution in [0.5, 0.6) is 0 Å². The van der Waals surface area contributed by atoms with Crippen molar-refractivity contribution >= 4 is 33.3 Å². The Balaban J connectivity index is 1.07. The number of nitrogens with one attached hydrogen (secondary N) is 2. The number of piperazine rings is 1. The van der Waals surface area contributed by atoms with E-state index in [1.54, 1.807) is 6.20 Å². The zero-order chi connectivity index (χ0) is 27.5. The molecule has 4 saturated carbocycles. The van der Waals surface area contributed by atoms with Crippen LogP contribution >= 0.6 is 11.3 Å². The highest BCUT2D eigenvalue weighted by molar-refractivity contribution is 7.19. The van der Waals surface area contributed by atoms with Crippen LogP contribution in [0.3, 0.4) is 0 Å². The maximum absolute atomic E-state index is 14.3. The third-order valence-corrected chi connectivity index (χ3v) is 11.2. The molecule has 0 aromatic carbocycles. The summed E-state index contributed by atoms with van der Waals surface area (Å²) in [5.74, 6) is 1.77. The maximum atomic E-state index is 14.3. The summed E-state index contributed by atoms with van der Waals surface area (Å²) in [6.45, 7) is 10.7. The Hall–Kier alpha value is -2.37. The smallest absolute Gasteiger partial charge is 0.244 e. The Kier molecular flexibility index (Phi) is 6.55. The van der Waals surface area contributed by atoms with Crippen molar-refractivity contribution in [3.05, 3.63) is 18.3 Å². The Morgan fingerprint density at radius 3 is 2.45 bits per heavy atom. The minimum Gasteiger partial charge on any atom is -0.355 e. The molecular formula is C29H43N9OS. The van der Waals surface area contributed by atoms with Crippen molar-refractivity contribution in [2.45, 2.75) is 70.9 Å². The normalized spacial score (nSPS) is 36.6. The van der Waals surface area contributed by atoms with Gasteiger partial charge in [0.05, 0.1) is 6.04 Å². The zero-order valence-electron chi connectivity index (χ0n) is 24.1. The quantitative estimate of drug-likeness (QED) is 0.522. The van der Waals surface area contributed by atoms with Crippen LogP contribution in [0.1, 0.15) is 58.8 Å². The zero-order valence-corrected chi connectivity index (χ0v) is 24.9. The van der Waals surface area contributed by atoms with E-state index in [9.17, 15) is 4.79 Å². The lowest BCUT2D eigenvalue weighted by atomic mass is 9.39. The largest absolute Gasteiger partial charge is 0.355 e. The summed E-state index contributed by atoms with van der Waals surface area (Å²) >= 11 is 1.45. The average molecular weight is 566 g/mol. The average Bonchev–Trinajstić information content (AvgIpc) is 3.53. The molecule has 2 aromatic rings. The number of aromatic nitrogens is 4. The van der Waals surface area contributed by atoms with Crippen LogP contribution in [0.15, 0.2) is 18.3 Å². The van der Waals surface area contributed by atoms with Crippen LogP contribution in [0.2, 0.25) is 0 Å². The summed E-state index contributed by atoms with van der Waals surface area (Å²) in [5, 5.41) is 25.2. The number of amides is 1. The molecule has 1 amide bonds. The number of nitrogens with zero attached hydrogens (tertiary/aromatic N) is 7. The second-order valence-corrected chi connectivity index (χ2v) is 15.3. The highest BCUT2D eigenvalue weighted by Gasteiger charge is 2.64. The second kappa shape index (κ2) is 9.87. The number of carbonyl (C=O) groups excluding carboxylic acids is 1. The number of hydrogen-bond donors (Lipinski definition) is 2. The molecule has 4 bridgehead atoms. The SMILES string of the molecule is CN1CCN([C@@H](C(=O)Nc2nnc(N[C@@H]3CCN(c4cccnn4)C3)s2)C23CC4CC(C)(CC(C)(C4)C2)C3)CC1. The van der Waals surface area contributed by atoms with Gasteiger partial charge in [-0.25, -0.2) is 0 Å². The van der Waals surface area contributed by atoms with Crippen molar-refractivity contribution < 1.29 is 4.79 Å². The van der Waals surface area contributed by atoms with Gasteiger partial charge >= 0.3 is 0 Å². The summed E-state index contributed by atoms with van der Waals surface area (Å²) in [6, 6.07) is 4.06. The first-order valence-corrected chi connectivity index (χ1v) is 15.9. The van der Waals surface area contributed by atoms with E-state index < -0.39 is 0 Å². The van der Waals surface area contributed by atoms with E-state index in [1.807, 2.05) is 12.1 Å². The van der Waals surface area contributed by atoms with E-state index in [0.29, 0.717) is 16.0 Å². The molecule has 11 heteroatoms. The van der Waals surface area contributed by atoms with Crippen LogP contribution in [0.25, 0.3) is 0 Å². The van der Waals surface area contributed by atoms with Gasteiger partial charge in [0.1, 0.15) is 0 Å². The van der Waals surface area contributed by atoms with Gasteiger partial charge in [-0.3, -0.25) is 15.0 Å². The Labute approximate surface area is 241 Å². The van der Waals surface area contributed by atoms with Gasteiger partial charge in [-0.15, -0.1) is 15.3 Å². The third-order valence-electron chi connectivity index (χ3n) is 10.5. The van der Waals surface area contributed by atoms with Crippen LogP contribution < -0.4 is 15.5 Å². The summed E-state index contributed by atoms with van der Waals surface area (Å²) in [5.41, 5.74) is 0.765. The highest BCUT2D eigenvalue weighted by atomic mass is 32.1. The van der Waals surface area contributed by atoms with Crippen LogP contribution in [-0.2, 0) is 4.79 Å². The van der Waals surface area contributed by atoms with Gasteiger partial charge in [-0.2, -0.15) is 5.10 Å². The van der Waals surface area contributed by atoms with E-state index >= 15 is 0 Å². The van der Waals surface area contributed by atoms with Gasteiger partial charge in [0.2, 0.25) is 16.2 Å². The molecule has 6 aliphatic rings. The third kappa shape index (κ3) is 4.98. The van der Waals surface area contributed by atoms with Gasteiger partial charge in [0.25, 0.3) is 0 Å².